The second-order valence-corrected chi connectivity index (χ2v) is 5.73. The van der Waals surface area contributed by atoms with E-state index in [1.54, 1.807) is 25.1 Å². The summed E-state index contributed by atoms with van der Waals surface area (Å²) < 4.78 is 15.4. The monoisotopic (exact) mass is 338 g/mol. The maximum absolute atomic E-state index is 12.5. The van der Waals surface area contributed by atoms with Crippen LogP contribution in [-0.4, -0.2) is 62.0 Å². The highest BCUT2D eigenvalue weighted by atomic mass is 16.5. The number of benzene rings is 1. The minimum Gasteiger partial charge on any atom is -0.497 e. The summed E-state index contributed by atoms with van der Waals surface area (Å²) in [5, 5.41) is 13.1. The normalized spacial score (nSPS) is 21.6. The summed E-state index contributed by atoms with van der Waals surface area (Å²) in [6.07, 6.45) is -1.12. The number of β-amino-alcohol motifs (C(OH)–C–C–N with tert-alkyl or cyclic N) is 1. The van der Waals surface area contributed by atoms with Crippen molar-refractivity contribution in [2.75, 3.05) is 34.5 Å². The zero-order valence-electron chi connectivity index (χ0n) is 14.2. The predicted octanol–water partition coefficient (Wildman–Crippen LogP) is 0.694. The van der Waals surface area contributed by atoms with Crippen molar-refractivity contribution in [3.8, 4) is 11.5 Å². The average Bonchev–Trinajstić information content (AvgIpc) is 2.77. The molecule has 0 unspecified atom stereocenters. The Labute approximate surface area is 140 Å². The molecule has 2 atom stereocenters. The van der Waals surface area contributed by atoms with Gasteiger partial charge in [-0.05, 0) is 25.1 Å². The van der Waals surface area contributed by atoms with Crippen molar-refractivity contribution < 1.29 is 28.9 Å². The first-order valence-electron chi connectivity index (χ1n) is 7.39. The summed E-state index contributed by atoms with van der Waals surface area (Å²) in [7, 11) is 4.43. The highest BCUT2D eigenvalue weighted by molar-refractivity contribution is 6.06. The largest absolute Gasteiger partial charge is 0.497 e. The van der Waals surface area contributed by atoms with Crippen molar-refractivity contribution >= 4 is 11.9 Å². The molecule has 132 valence electrons. The standard InChI is InChI=1S/C16H22N2O6/c1-16(9-22-2)14(20)18(15(21)17-16)8-12(19)11-7-10(23-3)5-6-13(11)24-4/h5-7,12,19H,8-9H2,1-4H3,(H,17,21)/t12-,16+/m1/s1. The first-order chi connectivity index (χ1) is 11.4. The smallest absolute Gasteiger partial charge is 0.325 e. The Hall–Kier alpha value is -2.32. The van der Waals surface area contributed by atoms with E-state index in [4.69, 9.17) is 14.2 Å². The summed E-state index contributed by atoms with van der Waals surface area (Å²) in [5.41, 5.74) is -0.706. The number of nitrogens with one attached hydrogen (secondary N) is 1. The number of methoxy groups -OCH3 is 3. The minimum atomic E-state index is -1.13. The number of carbonyl (C=O) groups is 2. The molecule has 1 heterocycles. The summed E-state index contributed by atoms with van der Waals surface area (Å²) in [6.45, 7) is 1.43. The predicted molar refractivity (Wildman–Crippen MR) is 85.0 cm³/mol. The molecular formula is C16H22N2O6. The van der Waals surface area contributed by atoms with E-state index in [1.807, 2.05) is 0 Å². The van der Waals surface area contributed by atoms with Gasteiger partial charge in [0.25, 0.3) is 5.91 Å². The molecule has 1 aromatic carbocycles. The molecule has 0 bridgehead atoms. The third-order valence-electron chi connectivity index (χ3n) is 3.93. The van der Waals surface area contributed by atoms with E-state index < -0.39 is 23.6 Å². The highest BCUT2D eigenvalue weighted by Gasteiger charge is 2.48. The zero-order chi connectivity index (χ0) is 17.9. The van der Waals surface area contributed by atoms with Gasteiger partial charge >= 0.3 is 6.03 Å². The number of carbonyl (C=O) groups excluding carboxylic acids is 2. The highest BCUT2D eigenvalue weighted by Crippen LogP contribution is 2.31. The Morgan fingerprint density at radius 2 is 1.96 bits per heavy atom. The maximum atomic E-state index is 12.5. The molecular weight excluding hydrogens is 316 g/mol. The van der Waals surface area contributed by atoms with Crippen molar-refractivity contribution in [1.82, 2.24) is 10.2 Å². The first kappa shape index (κ1) is 18.0. The van der Waals surface area contributed by atoms with E-state index in [-0.39, 0.29) is 13.2 Å². The van der Waals surface area contributed by atoms with Crippen LogP contribution in [0.2, 0.25) is 0 Å². The number of amides is 3. The number of ether oxygens (including phenoxy) is 3. The van der Waals surface area contributed by atoms with Crippen LogP contribution in [0.25, 0.3) is 0 Å². The van der Waals surface area contributed by atoms with Gasteiger partial charge in [0.2, 0.25) is 0 Å². The van der Waals surface area contributed by atoms with Crippen LogP contribution in [0.15, 0.2) is 18.2 Å². The summed E-state index contributed by atoms with van der Waals surface area (Å²) in [5.74, 6) is 0.525. The van der Waals surface area contributed by atoms with Crippen LogP contribution in [0.5, 0.6) is 11.5 Å². The molecule has 1 fully saturated rings. The maximum Gasteiger partial charge on any atom is 0.325 e. The molecule has 8 nitrogen and oxygen atoms in total. The molecule has 1 aromatic rings. The summed E-state index contributed by atoms with van der Waals surface area (Å²) in [4.78, 5) is 25.5. The fourth-order valence-corrected chi connectivity index (χ4v) is 2.67. The lowest BCUT2D eigenvalue weighted by Gasteiger charge is -2.22. The number of nitrogens with zero attached hydrogens (tertiary/aromatic N) is 1. The molecule has 2 rings (SSSR count). The van der Waals surface area contributed by atoms with E-state index in [9.17, 15) is 14.7 Å². The average molecular weight is 338 g/mol. The van der Waals surface area contributed by atoms with Gasteiger partial charge in [0.05, 0.1) is 27.4 Å². The van der Waals surface area contributed by atoms with Gasteiger partial charge in [-0.2, -0.15) is 0 Å². The molecule has 0 radical (unpaired) electrons. The number of hydrogen-bond donors (Lipinski definition) is 2. The molecule has 0 aliphatic carbocycles. The molecule has 0 spiro atoms. The quantitative estimate of drug-likeness (QED) is 0.710. The molecule has 0 saturated carbocycles. The van der Waals surface area contributed by atoms with Crippen LogP contribution in [0.3, 0.4) is 0 Å². The van der Waals surface area contributed by atoms with Gasteiger partial charge in [0, 0.05) is 12.7 Å². The third kappa shape index (κ3) is 3.29. The van der Waals surface area contributed by atoms with Crippen LogP contribution in [0.1, 0.15) is 18.6 Å². The molecule has 8 heteroatoms. The fraction of sp³-hybridized carbons (Fsp3) is 0.500. The molecule has 2 N–H and O–H groups in total. The molecule has 1 aliphatic heterocycles. The van der Waals surface area contributed by atoms with Crippen LogP contribution in [0, 0.1) is 0 Å². The minimum absolute atomic E-state index is 0.0483. The van der Waals surface area contributed by atoms with Crippen molar-refractivity contribution in [1.29, 1.82) is 0 Å². The van der Waals surface area contributed by atoms with Gasteiger partial charge in [-0.3, -0.25) is 9.69 Å². The third-order valence-corrected chi connectivity index (χ3v) is 3.93. The van der Waals surface area contributed by atoms with E-state index in [0.29, 0.717) is 17.1 Å². The second kappa shape index (κ2) is 7.06. The van der Waals surface area contributed by atoms with Crippen molar-refractivity contribution in [3.63, 3.8) is 0 Å². The van der Waals surface area contributed by atoms with Gasteiger partial charge in [0.15, 0.2) is 0 Å². The van der Waals surface area contributed by atoms with E-state index >= 15 is 0 Å². The second-order valence-electron chi connectivity index (χ2n) is 5.73. The van der Waals surface area contributed by atoms with Gasteiger partial charge < -0.3 is 24.6 Å². The zero-order valence-corrected chi connectivity index (χ0v) is 14.2. The van der Waals surface area contributed by atoms with Crippen LogP contribution in [0.4, 0.5) is 4.79 Å². The number of urea groups is 1. The van der Waals surface area contributed by atoms with E-state index in [2.05, 4.69) is 5.32 Å². The number of rotatable bonds is 7. The Balaban J connectivity index is 2.22. The van der Waals surface area contributed by atoms with Gasteiger partial charge in [-0.25, -0.2) is 4.79 Å². The number of aliphatic hydroxyl groups excluding tert-OH is 1. The van der Waals surface area contributed by atoms with Crippen molar-refractivity contribution in [3.05, 3.63) is 23.8 Å². The number of imide groups is 1. The van der Waals surface area contributed by atoms with Crippen molar-refractivity contribution in [2.24, 2.45) is 0 Å². The topological polar surface area (TPSA) is 97.3 Å². The van der Waals surface area contributed by atoms with Crippen molar-refractivity contribution in [2.45, 2.75) is 18.6 Å². The Morgan fingerprint density at radius 1 is 1.25 bits per heavy atom. The summed E-state index contributed by atoms with van der Waals surface area (Å²) >= 11 is 0. The molecule has 1 aliphatic rings. The van der Waals surface area contributed by atoms with E-state index in [0.717, 1.165) is 4.90 Å². The number of aliphatic hydroxyl groups is 1. The van der Waals surface area contributed by atoms with Gasteiger partial charge in [-0.1, -0.05) is 0 Å². The molecule has 0 aromatic heterocycles. The van der Waals surface area contributed by atoms with E-state index in [1.165, 1.54) is 21.3 Å². The molecule has 3 amide bonds. The van der Waals surface area contributed by atoms with Gasteiger partial charge in [-0.15, -0.1) is 0 Å². The summed E-state index contributed by atoms with van der Waals surface area (Å²) in [6, 6.07) is 4.38. The van der Waals surface area contributed by atoms with Crippen LogP contribution >= 0.6 is 0 Å². The Kier molecular flexibility index (Phi) is 5.30. The molecule has 1 saturated heterocycles. The lowest BCUT2D eigenvalue weighted by molar-refractivity contribution is -0.133. The molecule has 24 heavy (non-hydrogen) atoms. The fourth-order valence-electron chi connectivity index (χ4n) is 2.67. The van der Waals surface area contributed by atoms with Crippen LogP contribution in [-0.2, 0) is 9.53 Å². The van der Waals surface area contributed by atoms with Crippen LogP contribution < -0.4 is 14.8 Å². The first-order valence-corrected chi connectivity index (χ1v) is 7.39. The SMILES string of the molecule is COC[C@]1(C)NC(=O)N(C[C@@H](O)c2cc(OC)ccc2OC)C1=O. The Bertz CT molecular complexity index is 635. The number of hydrogen-bond acceptors (Lipinski definition) is 6. The van der Waals surface area contributed by atoms with Gasteiger partial charge in [0.1, 0.15) is 23.1 Å². The lowest BCUT2D eigenvalue weighted by atomic mass is 10.0. The Morgan fingerprint density at radius 3 is 2.54 bits per heavy atom. The lowest BCUT2D eigenvalue weighted by Crippen LogP contribution is -2.48.